The summed E-state index contributed by atoms with van der Waals surface area (Å²) in [6, 6.07) is -0.0776. The number of likely N-dealkylation sites (tertiary alicyclic amines) is 1. The molecular weight excluding hydrogens is 268 g/mol. The fourth-order valence-corrected chi connectivity index (χ4v) is 3.42. The van der Waals surface area contributed by atoms with Crippen LogP contribution in [0.2, 0.25) is 0 Å². The molecule has 1 saturated carbocycles. The molecule has 2 aliphatic rings. The fourth-order valence-electron chi connectivity index (χ4n) is 3.42. The third-order valence-electron chi connectivity index (χ3n) is 4.70. The zero-order chi connectivity index (χ0) is 15.0. The quantitative estimate of drug-likeness (QED) is 0.922. The van der Waals surface area contributed by atoms with Gasteiger partial charge in [-0.15, -0.1) is 0 Å². The molecule has 6 heteroatoms. The monoisotopic (exact) mass is 292 g/mol. The topological polar surface area (TPSA) is 85.2 Å². The summed E-state index contributed by atoms with van der Waals surface area (Å²) >= 11 is 0. The number of nitrogens with zero attached hydrogens (tertiary/aromatic N) is 3. The van der Waals surface area contributed by atoms with Crippen LogP contribution in [0.3, 0.4) is 0 Å². The standard InChI is InChI=1S/C15H24N4O2/c1-10(2)13(20)19-9-5-6-11(19)12-17-14(18-21-12)15(16)7-3-4-8-15/h10-11H,3-9,16H2,1-2H3. The van der Waals surface area contributed by atoms with E-state index in [4.69, 9.17) is 10.3 Å². The second-order valence-electron chi connectivity index (χ2n) is 6.66. The van der Waals surface area contributed by atoms with Crippen LogP contribution in [0.4, 0.5) is 0 Å². The first kappa shape index (κ1) is 14.5. The molecule has 1 aromatic rings. The summed E-state index contributed by atoms with van der Waals surface area (Å²) < 4.78 is 5.45. The van der Waals surface area contributed by atoms with Crippen LogP contribution in [0.1, 0.15) is 70.1 Å². The lowest BCUT2D eigenvalue weighted by molar-refractivity contribution is -0.135. The van der Waals surface area contributed by atoms with Crippen LogP contribution in [0, 0.1) is 5.92 Å². The molecule has 1 aromatic heterocycles. The number of carbonyl (C=O) groups is 1. The Bertz CT molecular complexity index is 519. The lowest BCUT2D eigenvalue weighted by Crippen LogP contribution is -2.35. The molecule has 1 aliphatic carbocycles. The number of hydrogen-bond acceptors (Lipinski definition) is 5. The second-order valence-corrected chi connectivity index (χ2v) is 6.66. The molecular formula is C15H24N4O2. The van der Waals surface area contributed by atoms with Crippen LogP contribution in [-0.2, 0) is 10.3 Å². The molecule has 21 heavy (non-hydrogen) atoms. The summed E-state index contributed by atoms with van der Waals surface area (Å²) in [6.45, 7) is 4.61. The minimum absolute atomic E-state index is 0.0105. The van der Waals surface area contributed by atoms with Crippen LogP contribution in [0.25, 0.3) is 0 Å². The minimum Gasteiger partial charge on any atom is -0.337 e. The highest BCUT2D eigenvalue weighted by Crippen LogP contribution is 2.37. The van der Waals surface area contributed by atoms with Gasteiger partial charge in [-0.1, -0.05) is 31.8 Å². The largest absolute Gasteiger partial charge is 0.337 e. The van der Waals surface area contributed by atoms with Gasteiger partial charge in [0.1, 0.15) is 6.04 Å². The van der Waals surface area contributed by atoms with Gasteiger partial charge < -0.3 is 15.2 Å². The maximum Gasteiger partial charge on any atom is 0.249 e. The number of hydrogen-bond donors (Lipinski definition) is 1. The number of amides is 1. The molecule has 2 N–H and O–H groups in total. The zero-order valence-corrected chi connectivity index (χ0v) is 12.8. The Kier molecular flexibility index (Phi) is 3.73. The first-order valence-electron chi connectivity index (χ1n) is 7.95. The molecule has 0 radical (unpaired) electrons. The van der Waals surface area contributed by atoms with Gasteiger partial charge in [-0.05, 0) is 25.7 Å². The molecule has 1 aliphatic heterocycles. The lowest BCUT2D eigenvalue weighted by Gasteiger charge is -2.23. The van der Waals surface area contributed by atoms with Gasteiger partial charge in [0.15, 0.2) is 5.82 Å². The maximum atomic E-state index is 12.3. The fraction of sp³-hybridized carbons (Fsp3) is 0.800. The highest BCUT2D eigenvalue weighted by atomic mass is 16.5. The van der Waals surface area contributed by atoms with E-state index < -0.39 is 5.54 Å². The van der Waals surface area contributed by atoms with Gasteiger partial charge in [0.25, 0.3) is 0 Å². The van der Waals surface area contributed by atoms with Gasteiger partial charge in [0, 0.05) is 12.5 Å². The Morgan fingerprint density at radius 1 is 1.38 bits per heavy atom. The number of aromatic nitrogens is 2. The Morgan fingerprint density at radius 3 is 2.76 bits per heavy atom. The molecule has 116 valence electrons. The van der Waals surface area contributed by atoms with Crippen molar-refractivity contribution in [2.24, 2.45) is 11.7 Å². The van der Waals surface area contributed by atoms with Gasteiger partial charge in [0.05, 0.1) is 5.54 Å². The Labute approximate surface area is 125 Å². The minimum atomic E-state index is -0.437. The Morgan fingerprint density at radius 2 is 2.10 bits per heavy atom. The molecule has 6 nitrogen and oxygen atoms in total. The van der Waals surface area contributed by atoms with E-state index >= 15 is 0 Å². The zero-order valence-electron chi connectivity index (χ0n) is 12.8. The third-order valence-corrected chi connectivity index (χ3v) is 4.70. The van der Waals surface area contributed by atoms with Crippen molar-refractivity contribution in [2.75, 3.05) is 6.54 Å². The van der Waals surface area contributed by atoms with Crippen molar-refractivity contribution in [1.82, 2.24) is 15.0 Å². The average Bonchev–Trinajstić information content (AvgIpc) is 3.17. The number of carbonyl (C=O) groups excluding carboxylic acids is 1. The predicted octanol–water partition coefficient (Wildman–Crippen LogP) is 2.12. The maximum absolute atomic E-state index is 12.3. The molecule has 0 aromatic carbocycles. The summed E-state index contributed by atoms with van der Waals surface area (Å²) in [7, 11) is 0. The van der Waals surface area contributed by atoms with E-state index in [0.717, 1.165) is 45.1 Å². The van der Waals surface area contributed by atoms with Gasteiger partial charge in [-0.3, -0.25) is 4.79 Å². The van der Waals surface area contributed by atoms with Crippen molar-refractivity contribution in [1.29, 1.82) is 0 Å². The van der Waals surface area contributed by atoms with E-state index in [0.29, 0.717) is 11.7 Å². The molecule has 2 fully saturated rings. The molecule has 1 unspecified atom stereocenters. The van der Waals surface area contributed by atoms with Gasteiger partial charge in [0.2, 0.25) is 11.8 Å². The van der Waals surface area contributed by atoms with Crippen molar-refractivity contribution < 1.29 is 9.32 Å². The first-order chi connectivity index (χ1) is 10.0. The molecule has 1 amide bonds. The van der Waals surface area contributed by atoms with E-state index in [1.807, 2.05) is 18.7 Å². The smallest absolute Gasteiger partial charge is 0.249 e. The van der Waals surface area contributed by atoms with Crippen molar-refractivity contribution in [3.8, 4) is 0 Å². The summed E-state index contributed by atoms with van der Waals surface area (Å²) in [5.41, 5.74) is 5.93. The van der Waals surface area contributed by atoms with Crippen LogP contribution >= 0.6 is 0 Å². The molecule has 0 bridgehead atoms. The van der Waals surface area contributed by atoms with Gasteiger partial charge in [-0.25, -0.2) is 0 Å². The lowest BCUT2D eigenvalue weighted by atomic mass is 9.98. The van der Waals surface area contributed by atoms with Crippen LogP contribution < -0.4 is 5.73 Å². The highest BCUT2D eigenvalue weighted by molar-refractivity contribution is 5.78. The number of nitrogens with two attached hydrogens (primary N) is 1. The Balaban J connectivity index is 1.81. The summed E-state index contributed by atoms with van der Waals surface area (Å²) in [4.78, 5) is 18.7. The number of rotatable bonds is 3. The molecule has 1 saturated heterocycles. The first-order valence-corrected chi connectivity index (χ1v) is 7.95. The summed E-state index contributed by atoms with van der Waals surface area (Å²) in [5, 5.41) is 4.10. The van der Waals surface area contributed by atoms with Crippen molar-refractivity contribution in [2.45, 2.75) is 64.0 Å². The van der Waals surface area contributed by atoms with Gasteiger partial charge >= 0.3 is 0 Å². The van der Waals surface area contributed by atoms with Gasteiger partial charge in [-0.2, -0.15) is 4.98 Å². The van der Waals surface area contributed by atoms with E-state index in [1.165, 1.54) is 0 Å². The van der Waals surface area contributed by atoms with E-state index in [-0.39, 0.29) is 17.9 Å². The third kappa shape index (κ3) is 2.57. The van der Waals surface area contributed by atoms with Crippen LogP contribution in [0.5, 0.6) is 0 Å². The van der Waals surface area contributed by atoms with E-state index in [1.54, 1.807) is 0 Å². The molecule has 1 atom stereocenters. The molecule has 0 spiro atoms. The molecule has 3 rings (SSSR count). The molecule has 2 heterocycles. The Hall–Kier alpha value is -1.43. The van der Waals surface area contributed by atoms with Crippen LogP contribution in [0.15, 0.2) is 4.52 Å². The SMILES string of the molecule is CC(C)C(=O)N1CCCC1c1nc(C2(N)CCCC2)no1. The van der Waals surface area contributed by atoms with Crippen molar-refractivity contribution in [3.05, 3.63) is 11.7 Å². The van der Waals surface area contributed by atoms with Crippen LogP contribution in [-0.4, -0.2) is 27.5 Å². The van der Waals surface area contributed by atoms with E-state index in [2.05, 4.69) is 10.1 Å². The summed E-state index contributed by atoms with van der Waals surface area (Å²) in [5.74, 6) is 1.30. The normalized spacial score (nSPS) is 25.0. The van der Waals surface area contributed by atoms with Crippen molar-refractivity contribution >= 4 is 5.91 Å². The van der Waals surface area contributed by atoms with E-state index in [9.17, 15) is 4.79 Å². The second kappa shape index (κ2) is 5.40. The highest BCUT2D eigenvalue weighted by Gasteiger charge is 2.39. The average molecular weight is 292 g/mol. The predicted molar refractivity (Wildman–Crippen MR) is 77.2 cm³/mol. The van der Waals surface area contributed by atoms with Crippen molar-refractivity contribution in [3.63, 3.8) is 0 Å². The summed E-state index contributed by atoms with van der Waals surface area (Å²) in [6.07, 6.45) is 5.91.